The van der Waals surface area contributed by atoms with Crippen molar-refractivity contribution in [1.82, 2.24) is 10.2 Å². The number of oxime groups is 1. The molecule has 21 nitrogen and oxygen atoms in total. The van der Waals surface area contributed by atoms with Gasteiger partial charge in [-0.2, -0.15) is 0 Å². The lowest BCUT2D eigenvalue weighted by molar-refractivity contribution is -0.305. The van der Waals surface area contributed by atoms with Crippen LogP contribution in [0.5, 0.6) is 0 Å². The molecule has 0 spiro atoms. The molecule has 1 aromatic rings. The van der Waals surface area contributed by atoms with Crippen LogP contribution in [0.25, 0.3) is 0 Å². The van der Waals surface area contributed by atoms with Crippen LogP contribution in [0.4, 0.5) is 4.79 Å². The van der Waals surface area contributed by atoms with Gasteiger partial charge < -0.3 is 72.5 Å². The number of aliphatic hydroxyl groups is 2. The zero-order chi connectivity index (χ0) is 61.8. The number of esters is 2. The first kappa shape index (κ1) is 69.9. The van der Waals surface area contributed by atoms with E-state index in [4.69, 9.17) is 56.9 Å². The number of nitrogens with zero attached hydrogens (tertiary/aromatic N) is 2. The molecule has 22 atom stereocenters. The fraction of sp³-hybridized carbons (Fsp3) is 0.823. The number of amides is 1. The third kappa shape index (κ3) is 19.1. The van der Waals surface area contributed by atoms with Gasteiger partial charge in [0.2, 0.25) is 0 Å². The Balaban J connectivity index is 1.71. The van der Waals surface area contributed by atoms with Crippen LogP contribution in [0.2, 0.25) is 0 Å². The van der Waals surface area contributed by atoms with Crippen LogP contribution >= 0.6 is 0 Å². The molecule has 3 N–H and O–H groups in total. The number of aliphatic hydroxyl groups excluding tert-OH is 2. The number of hydrogen-bond acceptors (Lipinski definition) is 20. The number of alkyl carbamates (subject to hydrolysis) is 1. The number of ketones is 1. The highest BCUT2D eigenvalue weighted by atomic mass is 16.7. The second kappa shape index (κ2) is 31.2. The molecule has 4 aliphatic heterocycles. The molecular weight excluding hydrogens is 1070 g/mol. The number of Topliss-reactive ketones (excluding diaryl/α,β-unsaturated/α-hetero) is 1. The summed E-state index contributed by atoms with van der Waals surface area (Å²) in [6, 6.07) is 9.25. The van der Waals surface area contributed by atoms with Crippen molar-refractivity contribution in [2.45, 2.75) is 241 Å². The topological polar surface area (TPSA) is 247 Å². The maximum atomic E-state index is 15.9. The van der Waals surface area contributed by atoms with E-state index in [0.717, 1.165) is 12.1 Å². The Hall–Kier alpha value is -3.87. The van der Waals surface area contributed by atoms with Gasteiger partial charge >= 0.3 is 18.0 Å². The Morgan fingerprint density at radius 3 is 2.10 bits per heavy atom. The molecule has 4 fully saturated rings. The highest BCUT2D eigenvalue weighted by Gasteiger charge is 2.53. The van der Waals surface area contributed by atoms with Crippen LogP contribution in [0.1, 0.15) is 142 Å². The summed E-state index contributed by atoms with van der Waals surface area (Å²) in [6.07, 6.45) is -13.6. The molecule has 0 aliphatic carbocycles. The zero-order valence-corrected chi connectivity index (χ0v) is 53.1. The predicted octanol–water partition coefficient (Wildman–Crippen LogP) is 7.62. The number of carbonyl (C=O) groups excluding carboxylic acids is 4. The molecule has 4 aliphatic rings. The number of cyclic esters (lactones) is 1. The number of hydrogen-bond donors (Lipinski definition) is 3. The van der Waals surface area contributed by atoms with Gasteiger partial charge in [-0.05, 0) is 70.8 Å². The van der Waals surface area contributed by atoms with Gasteiger partial charge in [0, 0.05) is 76.9 Å². The van der Waals surface area contributed by atoms with Crippen LogP contribution in [-0.4, -0.2) is 183 Å². The van der Waals surface area contributed by atoms with Gasteiger partial charge in [-0.25, -0.2) is 4.79 Å². The minimum Gasteiger partial charge on any atom is -0.461 e. The zero-order valence-electron chi connectivity index (χ0n) is 53.1. The van der Waals surface area contributed by atoms with Gasteiger partial charge in [-0.1, -0.05) is 105 Å². The summed E-state index contributed by atoms with van der Waals surface area (Å²) in [5.74, 6) is -7.41. The Kier molecular flexibility index (Phi) is 26.2. The molecule has 1 aromatic carbocycles. The number of benzene rings is 1. The second-order valence-electron chi connectivity index (χ2n) is 26.0. The van der Waals surface area contributed by atoms with Gasteiger partial charge in [-0.15, -0.1) is 0 Å². The lowest BCUT2D eigenvalue weighted by Crippen LogP contribution is -2.59. The monoisotopic (exact) mass is 1180 g/mol. The third-order valence-corrected chi connectivity index (χ3v) is 16.7. The van der Waals surface area contributed by atoms with Crippen molar-refractivity contribution >= 4 is 29.5 Å². The van der Waals surface area contributed by atoms with Crippen LogP contribution in [-0.2, 0) is 77.9 Å². The van der Waals surface area contributed by atoms with E-state index in [2.05, 4.69) is 43.1 Å². The van der Waals surface area contributed by atoms with Gasteiger partial charge in [0.1, 0.15) is 43.7 Å². The lowest BCUT2D eigenvalue weighted by atomic mass is 9.74. The fourth-order valence-corrected chi connectivity index (χ4v) is 12.5. The van der Waals surface area contributed by atoms with Gasteiger partial charge in [0.05, 0.1) is 54.7 Å². The molecule has 0 saturated carbocycles. The van der Waals surface area contributed by atoms with E-state index in [0.29, 0.717) is 18.7 Å². The van der Waals surface area contributed by atoms with Gasteiger partial charge in [0.15, 0.2) is 30.3 Å². The molecule has 0 radical (unpaired) electrons. The normalized spacial score (nSPS) is 38.4. The molecule has 4 saturated heterocycles. The van der Waals surface area contributed by atoms with E-state index in [1.54, 1.807) is 34.6 Å². The van der Waals surface area contributed by atoms with Crippen LogP contribution in [0, 0.1) is 46.8 Å². The van der Waals surface area contributed by atoms with Crippen LogP contribution in [0.15, 0.2) is 35.5 Å². The molecule has 5 rings (SSSR count). The summed E-state index contributed by atoms with van der Waals surface area (Å²) < 4.78 is 71.0. The molecule has 1 amide bonds. The highest BCUT2D eigenvalue weighted by molar-refractivity contribution is 5.91. The minimum absolute atomic E-state index is 0.00596. The van der Waals surface area contributed by atoms with E-state index in [1.807, 2.05) is 78.8 Å². The number of methoxy groups -OCH3 is 2. The molecule has 474 valence electrons. The van der Waals surface area contributed by atoms with Gasteiger partial charge in [-0.3, -0.25) is 19.3 Å². The van der Waals surface area contributed by atoms with Crippen LogP contribution in [0.3, 0.4) is 0 Å². The summed E-state index contributed by atoms with van der Waals surface area (Å²) in [7, 11) is 4.31. The highest BCUT2D eigenvalue weighted by Crippen LogP contribution is 2.41. The molecule has 4 heterocycles. The summed E-state index contributed by atoms with van der Waals surface area (Å²) in [4.78, 5) is 67.3. The predicted molar refractivity (Wildman–Crippen MR) is 308 cm³/mol. The standard InChI is InChI=1S/C62H103N3O18/c1-33(2)25-46(66)79-52-40(9)51(35(4)31-75-59-55(73-18)54(72-17)48(67)43(12)78-59)81-57(70)42(11)53(80-47-26-36(5)65(30-38(7)76-47)32-61(13,14)15)39(8)50(82-58-49(68)45(64-74-19)27-37(6)77-58)34(3)28-62(16,56(69)41(52)10)83-60(71)63-29-44-23-21-20-22-24-44/h20-24,33-43,47-55,58-59,67-68H,25-32H2,1-19H3,(H,63,71)/b64-45+/t34-,35?,36?,37+,38-,39+,40-,41+,42+,43+,47-,48+,49+,50-,51+,52+,53-,54+,55+,58-,59+,62-/m0/s1. The smallest absolute Gasteiger partial charge is 0.408 e. The molecule has 21 heteroatoms. The van der Waals surface area contributed by atoms with E-state index in [-0.39, 0.29) is 55.9 Å². The average Bonchev–Trinajstić information content (AvgIpc) is 3.21. The quantitative estimate of drug-likeness (QED) is 0.0726. The fourth-order valence-electron chi connectivity index (χ4n) is 12.5. The molecule has 2 unspecified atom stereocenters. The van der Waals surface area contributed by atoms with E-state index in [9.17, 15) is 19.8 Å². The van der Waals surface area contributed by atoms with Crippen molar-refractivity contribution in [2.75, 3.05) is 41.0 Å². The van der Waals surface area contributed by atoms with Crippen molar-refractivity contribution in [2.24, 2.45) is 52.0 Å². The van der Waals surface area contributed by atoms with Crippen molar-refractivity contribution in [1.29, 1.82) is 0 Å². The van der Waals surface area contributed by atoms with E-state index >= 15 is 9.59 Å². The molecule has 0 bridgehead atoms. The number of rotatable bonds is 18. The Morgan fingerprint density at radius 2 is 1.48 bits per heavy atom. The van der Waals surface area contributed by atoms with Crippen molar-refractivity contribution in [3.63, 3.8) is 0 Å². The SMILES string of the molecule is CO/N=C1\C[C@@H](C)O[C@@H](O[C@@H]2[C@@H](C)[C@H](O[C@H]3CC(C)N(CC(C)(C)C)C[C@H](C)O3)[C@@H](C)C(=O)O[C@H](C(C)CO[C@@H]3O[C@H](C)[C@@H](O)[C@@H](OC)[C@H]3OC)[C@H](C)[C@@H](OC(=O)CC(C)C)[C@@H](C)C(=O)[C@@](C)(OC(=O)NCc3ccccc3)C[C@@H]2C)[C@@H]1O. The van der Waals surface area contributed by atoms with E-state index in [1.165, 1.54) is 21.3 Å². The first-order valence-corrected chi connectivity index (χ1v) is 30.0. The number of ether oxygens (including phenoxy) is 11. The van der Waals surface area contributed by atoms with E-state index < -0.39 is 145 Å². The Labute approximate surface area is 494 Å². The Bertz CT molecular complexity index is 2230. The molecular formula is C62H103N3O18. The lowest BCUT2D eigenvalue weighted by Gasteiger charge is -2.45. The first-order valence-electron chi connectivity index (χ1n) is 30.0. The summed E-state index contributed by atoms with van der Waals surface area (Å²) in [6.45, 7) is 31.5. The summed E-state index contributed by atoms with van der Waals surface area (Å²) in [5.41, 5.74) is -0.900. The molecule has 0 aromatic heterocycles. The van der Waals surface area contributed by atoms with Crippen molar-refractivity contribution < 1.29 is 86.3 Å². The largest absolute Gasteiger partial charge is 0.461 e. The third-order valence-electron chi connectivity index (χ3n) is 16.7. The Morgan fingerprint density at radius 1 is 0.819 bits per heavy atom. The number of nitrogens with one attached hydrogen (secondary N) is 1. The minimum atomic E-state index is -1.96. The number of carbonyl (C=O) groups is 4. The maximum Gasteiger partial charge on any atom is 0.408 e. The van der Waals surface area contributed by atoms with Crippen molar-refractivity contribution in [3.8, 4) is 0 Å². The van der Waals surface area contributed by atoms with Gasteiger partial charge in [0.25, 0.3) is 0 Å². The summed E-state index contributed by atoms with van der Waals surface area (Å²) in [5, 5.41) is 29.8. The van der Waals surface area contributed by atoms with Crippen LogP contribution < -0.4 is 5.32 Å². The summed E-state index contributed by atoms with van der Waals surface area (Å²) >= 11 is 0. The van der Waals surface area contributed by atoms with Crippen molar-refractivity contribution in [3.05, 3.63) is 35.9 Å². The molecule has 83 heavy (non-hydrogen) atoms. The second-order valence-corrected chi connectivity index (χ2v) is 26.0. The maximum absolute atomic E-state index is 15.9. The average molecular weight is 1180 g/mol. The first-order chi connectivity index (χ1) is 38.9.